The van der Waals surface area contributed by atoms with Gasteiger partial charge < -0.3 is 14.2 Å². The normalized spacial score (nSPS) is 12.9. The Kier molecular flexibility index (Phi) is 55.4. The fourth-order valence-electron chi connectivity index (χ4n) is 7.86. The molecule has 0 saturated heterocycles. The molecule has 0 saturated carbocycles. The molecule has 0 rings (SSSR count). The first-order valence-corrected chi connectivity index (χ1v) is 29.4. The van der Waals surface area contributed by atoms with Crippen molar-refractivity contribution in [2.45, 2.75) is 271 Å². The maximum Gasteiger partial charge on any atom is 0.306 e. The standard InChI is InChI=1S/C65H108O6/c1-4-7-10-13-16-19-22-24-26-28-30-31-32-33-35-36-38-40-43-46-49-52-55-58-64(67)70-61-62(60-69-63(66)57-54-51-48-45-42-21-18-15-12-9-6-3)71-65(68)59-56-53-50-47-44-41-39-37-34-29-27-25-23-20-17-14-11-8-5-2/h7,10,16-17,19-20,24-27,30-31,33-35,37-38,40,62H,4-6,8-9,11-15,18,21-23,28-29,32,36,39,41-61H2,1-3H3/b10-7-,19-16-,20-17-,26-24-,27-25-,31-30-,35-33-,37-34-,40-38-. The monoisotopic (exact) mass is 985 g/mol. The van der Waals surface area contributed by atoms with E-state index >= 15 is 0 Å². The van der Waals surface area contributed by atoms with Gasteiger partial charge in [-0.05, 0) is 109 Å². The van der Waals surface area contributed by atoms with Gasteiger partial charge in [-0.25, -0.2) is 0 Å². The largest absolute Gasteiger partial charge is 0.462 e. The second-order valence-corrected chi connectivity index (χ2v) is 19.2. The van der Waals surface area contributed by atoms with Crippen molar-refractivity contribution in [2.24, 2.45) is 0 Å². The SMILES string of the molecule is CC/C=C\C/C=C\C/C=C\C/C=C\C/C=C\C/C=C\CCCCCCC(=O)OCC(COC(=O)CCCCCCCCCCCCC)OC(=O)CCCCCCCC/C=C\C/C=C\C/C=C\CCCCC. The van der Waals surface area contributed by atoms with Crippen LogP contribution in [0.1, 0.15) is 265 Å². The number of carbonyl (C=O) groups excluding carboxylic acids is 3. The molecule has 0 radical (unpaired) electrons. The van der Waals surface area contributed by atoms with E-state index in [-0.39, 0.29) is 31.1 Å². The van der Waals surface area contributed by atoms with Crippen LogP contribution < -0.4 is 0 Å². The number of hydrogen-bond acceptors (Lipinski definition) is 6. The number of esters is 3. The molecular weight excluding hydrogens is 877 g/mol. The number of ether oxygens (including phenoxy) is 3. The van der Waals surface area contributed by atoms with Gasteiger partial charge in [0.05, 0.1) is 0 Å². The van der Waals surface area contributed by atoms with Crippen LogP contribution in [0.3, 0.4) is 0 Å². The van der Waals surface area contributed by atoms with Gasteiger partial charge in [0.25, 0.3) is 0 Å². The van der Waals surface area contributed by atoms with Crippen LogP contribution in [0.5, 0.6) is 0 Å². The molecular formula is C65H108O6. The van der Waals surface area contributed by atoms with Gasteiger partial charge in [0.1, 0.15) is 13.2 Å². The lowest BCUT2D eigenvalue weighted by atomic mass is 10.1. The van der Waals surface area contributed by atoms with Crippen LogP contribution in [0.4, 0.5) is 0 Å². The van der Waals surface area contributed by atoms with E-state index in [1.54, 1.807) is 0 Å². The Bertz CT molecular complexity index is 1460. The molecule has 0 N–H and O–H groups in total. The third-order valence-corrected chi connectivity index (χ3v) is 12.3. The predicted octanol–water partition coefficient (Wildman–Crippen LogP) is 19.9. The van der Waals surface area contributed by atoms with Crippen molar-refractivity contribution >= 4 is 17.9 Å². The number of rotatable bonds is 52. The van der Waals surface area contributed by atoms with E-state index in [1.807, 2.05) is 0 Å². The molecule has 0 aromatic carbocycles. The zero-order valence-electron chi connectivity index (χ0n) is 46.2. The van der Waals surface area contributed by atoms with Crippen LogP contribution in [-0.4, -0.2) is 37.2 Å². The van der Waals surface area contributed by atoms with E-state index in [0.29, 0.717) is 19.3 Å². The maximum atomic E-state index is 12.9. The Balaban J connectivity index is 4.42. The number of allylic oxidation sites excluding steroid dienone is 18. The minimum atomic E-state index is -0.796. The molecule has 0 aliphatic heterocycles. The second-order valence-electron chi connectivity index (χ2n) is 19.2. The highest BCUT2D eigenvalue weighted by atomic mass is 16.6. The lowest BCUT2D eigenvalue weighted by Gasteiger charge is -2.18. The third kappa shape index (κ3) is 56.9. The summed E-state index contributed by atoms with van der Waals surface area (Å²) >= 11 is 0. The van der Waals surface area contributed by atoms with Gasteiger partial charge >= 0.3 is 17.9 Å². The van der Waals surface area contributed by atoms with Gasteiger partial charge in [-0.1, -0.05) is 246 Å². The highest BCUT2D eigenvalue weighted by molar-refractivity contribution is 5.71. The van der Waals surface area contributed by atoms with Crippen molar-refractivity contribution in [1.82, 2.24) is 0 Å². The molecule has 1 atom stereocenters. The van der Waals surface area contributed by atoms with Gasteiger partial charge in [0, 0.05) is 19.3 Å². The number of hydrogen-bond donors (Lipinski definition) is 0. The minimum Gasteiger partial charge on any atom is -0.462 e. The average molecular weight is 986 g/mol. The molecule has 0 amide bonds. The molecule has 0 bridgehead atoms. The van der Waals surface area contributed by atoms with Crippen LogP contribution in [0.2, 0.25) is 0 Å². The smallest absolute Gasteiger partial charge is 0.306 e. The molecule has 6 nitrogen and oxygen atoms in total. The lowest BCUT2D eigenvalue weighted by molar-refractivity contribution is -0.167. The maximum absolute atomic E-state index is 12.9. The summed E-state index contributed by atoms with van der Waals surface area (Å²) in [6.45, 7) is 6.46. The number of carbonyl (C=O) groups is 3. The van der Waals surface area contributed by atoms with E-state index in [2.05, 4.69) is 130 Å². The van der Waals surface area contributed by atoms with E-state index < -0.39 is 6.10 Å². The van der Waals surface area contributed by atoms with E-state index in [1.165, 1.54) is 89.9 Å². The highest BCUT2D eigenvalue weighted by Crippen LogP contribution is 2.14. The van der Waals surface area contributed by atoms with Crippen molar-refractivity contribution in [3.05, 3.63) is 109 Å². The summed E-state index contributed by atoms with van der Waals surface area (Å²) in [5.41, 5.74) is 0. The average Bonchev–Trinajstić information content (AvgIpc) is 3.37. The Hall–Kier alpha value is -3.93. The second kappa shape index (κ2) is 58.6. The Morgan fingerprint density at radius 1 is 0.296 bits per heavy atom. The first kappa shape index (κ1) is 67.1. The molecule has 0 aromatic heterocycles. The molecule has 71 heavy (non-hydrogen) atoms. The van der Waals surface area contributed by atoms with Crippen molar-refractivity contribution in [3.8, 4) is 0 Å². The lowest BCUT2D eigenvalue weighted by Crippen LogP contribution is -2.30. The van der Waals surface area contributed by atoms with Crippen LogP contribution in [0, 0.1) is 0 Å². The summed E-state index contributed by atoms with van der Waals surface area (Å²) in [6.07, 6.45) is 79.3. The fourth-order valence-corrected chi connectivity index (χ4v) is 7.86. The summed E-state index contributed by atoms with van der Waals surface area (Å²) in [5, 5.41) is 0. The molecule has 0 heterocycles. The Morgan fingerprint density at radius 3 is 0.887 bits per heavy atom. The fraction of sp³-hybridized carbons (Fsp3) is 0.677. The third-order valence-electron chi connectivity index (χ3n) is 12.3. The number of unbranched alkanes of at least 4 members (excludes halogenated alkanes) is 23. The summed E-state index contributed by atoms with van der Waals surface area (Å²) < 4.78 is 16.8. The van der Waals surface area contributed by atoms with E-state index in [0.717, 1.165) is 135 Å². The first-order chi connectivity index (χ1) is 35.0. The first-order valence-electron chi connectivity index (χ1n) is 29.4. The quantitative estimate of drug-likeness (QED) is 0.0261. The van der Waals surface area contributed by atoms with Gasteiger partial charge in [0.15, 0.2) is 6.10 Å². The van der Waals surface area contributed by atoms with Crippen molar-refractivity contribution in [1.29, 1.82) is 0 Å². The summed E-state index contributed by atoms with van der Waals surface area (Å²) in [5.74, 6) is -0.929. The molecule has 0 aromatic rings. The van der Waals surface area contributed by atoms with E-state index in [4.69, 9.17) is 14.2 Å². The van der Waals surface area contributed by atoms with E-state index in [9.17, 15) is 14.4 Å². The zero-order chi connectivity index (χ0) is 51.4. The summed E-state index contributed by atoms with van der Waals surface area (Å²) in [6, 6.07) is 0. The van der Waals surface area contributed by atoms with Crippen LogP contribution in [-0.2, 0) is 28.6 Å². The van der Waals surface area contributed by atoms with Crippen LogP contribution in [0.15, 0.2) is 109 Å². The topological polar surface area (TPSA) is 78.9 Å². The molecule has 0 fully saturated rings. The Morgan fingerprint density at radius 2 is 0.549 bits per heavy atom. The molecule has 404 valence electrons. The predicted molar refractivity (Wildman–Crippen MR) is 307 cm³/mol. The summed E-state index contributed by atoms with van der Waals surface area (Å²) in [4.78, 5) is 38.1. The van der Waals surface area contributed by atoms with Crippen molar-refractivity contribution < 1.29 is 28.6 Å². The van der Waals surface area contributed by atoms with Crippen LogP contribution >= 0.6 is 0 Å². The van der Waals surface area contributed by atoms with Crippen molar-refractivity contribution in [3.63, 3.8) is 0 Å². The minimum absolute atomic E-state index is 0.0915. The molecule has 0 aliphatic rings. The van der Waals surface area contributed by atoms with Crippen LogP contribution in [0.25, 0.3) is 0 Å². The molecule has 6 heteroatoms. The van der Waals surface area contributed by atoms with Crippen molar-refractivity contribution in [2.75, 3.05) is 13.2 Å². The highest BCUT2D eigenvalue weighted by Gasteiger charge is 2.19. The summed E-state index contributed by atoms with van der Waals surface area (Å²) in [7, 11) is 0. The molecule has 1 unspecified atom stereocenters. The zero-order valence-corrected chi connectivity index (χ0v) is 46.2. The molecule has 0 spiro atoms. The van der Waals surface area contributed by atoms with Gasteiger partial charge in [-0.2, -0.15) is 0 Å². The van der Waals surface area contributed by atoms with Gasteiger partial charge in [-0.15, -0.1) is 0 Å². The molecule has 0 aliphatic carbocycles. The van der Waals surface area contributed by atoms with Gasteiger partial charge in [0.2, 0.25) is 0 Å². The van der Waals surface area contributed by atoms with Gasteiger partial charge in [-0.3, -0.25) is 14.4 Å². The Labute approximate surface area is 438 Å².